The standard InChI is InChI=1S/C14H15N3O3/c1-9-5-3-7-12(13(9)17(18)19)20-14-11(10(2)15)6-4-8-16-14/h3-8,10H,15H2,1-2H3/t10-/m0/s1. The molecule has 1 heterocycles. The van der Waals surface area contributed by atoms with Gasteiger partial charge in [0.1, 0.15) is 0 Å². The summed E-state index contributed by atoms with van der Waals surface area (Å²) in [5.74, 6) is 0.451. The van der Waals surface area contributed by atoms with Gasteiger partial charge in [0.15, 0.2) is 0 Å². The Hall–Kier alpha value is -2.47. The zero-order chi connectivity index (χ0) is 14.7. The van der Waals surface area contributed by atoms with Gasteiger partial charge in [0.05, 0.1) is 4.92 Å². The lowest BCUT2D eigenvalue weighted by atomic mass is 10.1. The number of para-hydroxylation sites is 1. The van der Waals surface area contributed by atoms with Crippen molar-refractivity contribution in [1.29, 1.82) is 0 Å². The van der Waals surface area contributed by atoms with Crippen LogP contribution in [0.15, 0.2) is 36.5 Å². The molecule has 104 valence electrons. The third-order valence-electron chi connectivity index (χ3n) is 2.88. The molecule has 2 aromatic rings. The molecule has 1 aromatic carbocycles. The van der Waals surface area contributed by atoms with E-state index in [2.05, 4.69) is 4.98 Å². The normalized spacial score (nSPS) is 11.9. The van der Waals surface area contributed by atoms with Crippen molar-refractivity contribution < 1.29 is 9.66 Å². The molecule has 0 spiro atoms. The van der Waals surface area contributed by atoms with E-state index in [4.69, 9.17) is 10.5 Å². The van der Waals surface area contributed by atoms with Crippen LogP contribution in [0.5, 0.6) is 11.6 Å². The quantitative estimate of drug-likeness (QED) is 0.682. The Balaban J connectivity index is 2.46. The number of pyridine rings is 1. The van der Waals surface area contributed by atoms with Crippen molar-refractivity contribution in [1.82, 2.24) is 4.98 Å². The topological polar surface area (TPSA) is 91.3 Å². The molecule has 0 fully saturated rings. The molecule has 0 bridgehead atoms. The van der Waals surface area contributed by atoms with Crippen LogP contribution < -0.4 is 10.5 Å². The number of aryl methyl sites for hydroxylation is 1. The zero-order valence-corrected chi connectivity index (χ0v) is 11.2. The molecular weight excluding hydrogens is 258 g/mol. The van der Waals surface area contributed by atoms with Gasteiger partial charge in [0.25, 0.3) is 0 Å². The highest BCUT2D eigenvalue weighted by Gasteiger charge is 2.20. The molecule has 0 unspecified atom stereocenters. The second kappa shape index (κ2) is 5.66. The monoisotopic (exact) mass is 273 g/mol. The predicted molar refractivity (Wildman–Crippen MR) is 74.7 cm³/mol. The summed E-state index contributed by atoms with van der Waals surface area (Å²) in [6, 6.07) is 8.17. The average Bonchev–Trinajstić information content (AvgIpc) is 2.38. The molecule has 0 amide bonds. The van der Waals surface area contributed by atoms with Crippen molar-refractivity contribution in [3.05, 3.63) is 57.8 Å². The molecule has 1 atom stereocenters. The van der Waals surface area contributed by atoms with Crippen LogP contribution >= 0.6 is 0 Å². The summed E-state index contributed by atoms with van der Waals surface area (Å²) >= 11 is 0. The van der Waals surface area contributed by atoms with Crippen molar-refractivity contribution in [2.24, 2.45) is 5.73 Å². The van der Waals surface area contributed by atoms with Crippen molar-refractivity contribution in [3.63, 3.8) is 0 Å². The number of nitrogens with zero attached hydrogens (tertiary/aromatic N) is 2. The molecule has 1 aromatic heterocycles. The molecule has 0 radical (unpaired) electrons. The van der Waals surface area contributed by atoms with Crippen molar-refractivity contribution >= 4 is 5.69 Å². The fraction of sp³-hybridized carbons (Fsp3) is 0.214. The molecule has 6 nitrogen and oxygen atoms in total. The van der Waals surface area contributed by atoms with Crippen LogP contribution in [0.4, 0.5) is 5.69 Å². The van der Waals surface area contributed by atoms with Gasteiger partial charge in [-0.15, -0.1) is 0 Å². The first kappa shape index (κ1) is 14.0. The summed E-state index contributed by atoms with van der Waals surface area (Å²) in [6.45, 7) is 3.46. The van der Waals surface area contributed by atoms with E-state index in [1.807, 2.05) is 0 Å². The van der Waals surface area contributed by atoms with Gasteiger partial charge in [-0.25, -0.2) is 4.98 Å². The van der Waals surface area contributed by atoms with Crippen LogP contribution in [0, 0.1) is 17.0 Å². The molecule has 0 aliphatic rings. The minimum Gasteiger partial charge on any atom is -0.431 e. The minimum atomic E-state index is -0.459. The van der Waals surface area contributed by atoms with Crippen molar-refractivity contribution in [2.45, 2.75) is 19.9 Å². The molecule has 0 aliphatic carbocycles. The van der Waals surface area contributed by atoms with Crippen LogP contribution in [-0.2, 0) is 0 Å². The van der Waals surface area contributed by atoms with E-state index in [-0.39, 0.29) is 23.4 Å². The molecule has 0 saturated carbocycles. The Morgan fingerprint density at radius 1 is 1.35 bits per heavy atom. The van der Waals surface area contributed by atoms with Crippen molar-refractivity contribution in [2.75, 3.05) is 0 Å². The molecule has 0 aliphatic heterocycles. The van der Waals surface area contributed by atoms with Gasteiger partial charge in [-0.2, -0.15) is 0 Å². The zero-order valence-electron chi connectivity index (χ0n) is 11.2. The number of nitro benzene ring substituents is 1. The van der Waals surface area contributed by atoms with E-state index >= 15 is 0 Å². The summed E-state index contributed by atoms with van der Waals surface area (Å²) in [4.78, 5) is 14.8. The predicted octanol–water partition coefficient (Wildman–Crippen LogP) is 3.11. The van der Waals surface area contributed by atoms with Gasteiger partial charge in [0.2, 0.25) is 11.6 Å². The van der Waals surface area contributed by atoms with Gasteiger partial charge >= 0.3 is 5.69 Å². The Kier molecular flexibility index (Phi) is 3.95. The van der Waals surface area contributed by atoms with Gasteiger partial charge in [-0.1, -0.05) is 18.2 Å². The molecular formula is C14H15N3O3. The minimum absolute atomic E-state index is 0.0613. The number of nitro groups is 1. The van der Waals surface area contributed by atoms with E-state index in [0.29, 0.717) is 11.1 Å². The van der Waals surface area contributed by atoms with Gasteiger partial charge in [-0.3, -0.25) is 10.1 Å². The second-order valence-electron chi connectivity index (χ2n) is 4.47. The maximum Gasteiger partial charge on any atom is 0.314 e. The van der Waals surface area contributed by atoms with Crippen LogP contribution in [-0.4, -0.2) is 9.91 Å². The summed E-state index contributed by atoms with van der Waals surface area (Å²) in [6.07, 6.45) is 1.56. The van der Waals surface area contributed by atoms with E-state index in [1.165, 1.54) is 0 Å². The van der Waals surface area contributed by atoms with E-state index in [1.54, 1.807) is 50.4 Å². The fourth-order valence-corrected chi connectivity index (χ4v) is 1.89. The number of hydrogen-bond acceptors (Lipinski definition) is 5. The summed E-state index contributed by atoms with van der Waals surface area (Å²) < 4.78 is 5.61. The van der Waals surface area contributed by atoms with Gasteiger partial charge in [-0.05, 0) is 26.0 Å². The van der Waals surface area contributed by atoms with Crippen molar-refractivity contribution in [3.8, 4) is 11.6 Å². The van der Waals surface area contributed by atoms with E-state index in [0.717, 1.165) is 0 Å². The average molecular weight is 273 g/mol. The summed E-state index contributed by atoms with van der Waals surface area (Å²) in [7, 11) is 0. The molecule has 2 rings (SSSR count). The van der Waals surface area contributed by atoms with Crippen LogP contribution in [0.3, 0.4) is 0 Å². The van der Waals surface area contributed by atoms with Gasteiger partial charge in [0, 0.05) is 23.4 Å². The highest BCUT2D eigenvalue weighted by Crippen LogP contribution is 2.35. The van der Waals surface area contributed by atoms with E-state index < -0.39 is 4.92 Å². The van der Waals surface area contributed by atoms with Gasteiger partial charge < -0.3 is 10.5 Å². The number of aromatic nitrogens is 1. The maximum absolute atomic E-state index is 11.1. The number of rotatable bonds is 4. The Bertz CT molecular complexity index is 641. The smallest absolute Gasteiger partial charge is 0.314 e. The Labute approximate surface area is 116 Å². The van der Waals surface area contributed by atoms with E-state index in [9.17, 15) is 10.1 Å². The third kappa shape index (κ3) is 2.75. The number of benzene rings is 1. The molecule has 0 saturated heterocycles. The van der Waals surface area contributed by atoms with Crippen LogP contribution in [0.2, 0.25) is 0 Å². The first-order valence-corrected chi connectivity index (χ1v) is 6.13. The molecule has 2 N–H and O–H groups in total. The second-order valence-corrected chi connectivity index (χ2v) is 4.47. The Morgan fingerprint density at radius 2 is 2.10 bits per heavy atom. The first-order chi connectivity index (χ1) is 9.50. The largest absolute Gasteiger partial charge is 0.431 e. The molecule has 20 heavy (non-hydrogen) atoms. The van der Waals surface area contributed by atoms with Crippen LogP contribution in [0.25, 0.3) is 0 Å². The Morgan fingerprint density at radius 3 is 2.75 bits per heavy atom. The SMILES string of the molecule is Cc1cccc(Oc2ncccc2[C@H](C)N)c1[N+](=O)[O-]. The number of ether oxygens (including phenoxy) is 1. The van der Waals surface area contributed by atoms with Crippen LogP contribution in [0.1, 0.15) is 24.1 Å². The molecule has 6 heteroatoms. The third-order valence-corrected chi connectivity index (χ3v) is 2.88. The number of nitrogens with two attached hydrogens (primary N) is 1. The lowest BCUT2D eigenvalue weighted by molar-refractivity contribution is -0.386. The fourth-order valence-electron chi connectivity index (χ4n) is 1.89. The first-order valence-electron chi connectivity index (χ1n) is 6.13. The summed E-state index contributed by atoms with van der Waals surface area (Å²) in [5, 5.41) is 11.1. The summed E-state index contributed by atoms with van der Waals surface area (Å²) in [5.41, 5.74) is 7.01. The lowest BCUT2D eigenvalue weighted by Crippen LogP contribution is -2.08. The number of hydrogen-bond donors (Lipinski definition) is 1. The highest BCUT2D eigenvalue weighted by molar-refractivity contribution is 5.53. The lowest BCUT2D eigenvalue weighted by Gasteiger charge is -2.12. The highest BCUT2D eigenvalue weighted by atomic mass is 16.6. The maximum atomic E-state index is 11.1.